The van der Waals surface area contributed by atoms with Crippen molar-refractivity contribution in [3.63, 3.8) is 0 Å². The lowest BCUT2D eigenvalue weighted by Gasteiger charge is -2.14. The fourth-order valence-corrected chi connectivity index (χ4v) is 2.47. The number of nitrogens with two attached hydrogens (primary N) is 1. The van der Waals surface area contributed by atoms with Gasteiger partial charge in [0.05, 0.1) is 17.3 Å². The smallest absolute Gasteiger partial charge is 0.126 e. The van der Waals surface area contributed by atoms with Gasteiger partial charge in [-0.3, -0.25) is 0 Å². The predicted octanol–water partition coefficient (Wildman–Crippen LogP) is 3.18. The van der Waals surface area contributed by atoms with Crippen LogP contribution < -0.4 is 5.73 Å². The predicted molar refractivity (Wildman–Crippen MR) is 81.3 cm³/mol. The van der Waals surface area contributed by atoms with Crippen LogP contribution >= 0.6 is 0 Å². The summed E-state index contributed by atoms with van der Waals surface area (Å²) in [5, 5.41) is 1.04. The molecular weight excluding hydrogens is 246 g/mol. The first-order valence-electron chi connectivity index (χ1n) is 6.77. The zero-order chi connectivity index (χ0) is 13.9. The van der Waals surface area contributed by atoms with E-state index < -0.39 is 0 Å². The molecule has 2 N–H and O–H groups in total. The second kappa shape index (κ2) is 5.39. The molecule has 2 aromatic carbocycles. The van der Waals surface area contributed by atoms with Gasteiger partial charge in [-0.25, -0.2) is 9.97 Å². The molecule has 3 heteroatoms. The summed E-state index contributed by atoms with van der Waals surface area (Å²) in [6, 6.07) is 18.2. The minimum absolute atomic E-state index is 0.121. The van der Waals surface area contributed by atoms with Crippen LogP contribution in [0.1, 0.15) is 23.1 Å². The first-order chi connectivity index (χ1) is 9.74. The molecule has 0 saturated carbocycles. The van der Waals surface area contributed by atoms with Gasteiger partial charge in [0.15, 0.2) is 0 Å². The Bertz CT molecular complexity index is 723. The minimum Gasteiger partial charge on any atom is -0.322 e. The minimum atomic E-state index is -0.121. The van der Waals surface area contributed by atoms with Crippen molar-refractivity contribution in [2.75, 3.05) is 0 Å². The number of para-hydroxylation sites is 1. The molecule has 0 fully saturated rings. The summed E-state index contributed by atoms with van der Waals surface area (Å²) in [7, 11) is 0. The number of aromatic nitrogens is 2. The SMILES string of the molecule is Cc1nc(C(N)Cc2ccccc2)c2ccccc2n1. The number of aryl methyl sites for hydroxylation is 1. The van der Waals surface area contributed by atoms with Gasteiger partial charge in [-0.15, -0.1) is 0 Å². The molecule has 1 heterocycles. The third kappa shape index (κ3) is 2.53. The molecular formula is C17H17N3. The molecule has 0 aliphatic heterocycles. The van der Waals surface area contributed by atoms with E-state index >= 15 is 0 Å². The van der Waals surface area contributed by atoms with E-state index in [-0.39, 0.29) is 6.04 Å². The lowest BCUT2D eigenvalue weighted by atomic mass is 10.0. The van der Waals surface area contributed by atoms with Crippen LogP contribution in [0.5, 0.6) is 0 Å². The van der Waals surface area contributed by atoms with Gasteiger partial charge in [-0.05, 0) is 25.0 Å². The maximum atomic E-state index is 6.37. The Kier molecular flexibility index (Phi) is 3.44. The van der Waals surface area contributed by atoms with E-state index in [1.54, 1.807) is 0 Å². The van der Waals surface area contributed by atoms with Gasteiger partial charge in [-0.2, -0.15) is 0 Å². The molecule has 3 rings (SSSR count). The number of hydrogen-bond acceptors (Lipinski definition) is 3. The van der Waals surface area contributed by atoms with Gasteiger partial charge in [0.1, 0.15) is 5.82 Å². The maximum absolute atomic E-state index is 6.37. The second-order valence-corrected chi connectivity index (χ2v) is 4.97. The molecule has 0 amide bonds. The van der Waals surface area contributed by atoms with Crippen LogP contribution in [0.3, 0.4) is 0 Å². The number of fused-ring (bicyclic) bond motifs is 1. The molecule has 0 radical (unpaired) electrons. The Morgan fingerprint density at radius 2 is 1.65 bits per heavy atom. The average Bonchev–Trinajstić information content (AvgIpc) is 2.47. The second-order valence-electron chi connectivity index (χ2n) is 4.97. The van der Waals surface area contributed by atoms with Gasteiger partial charge in [0, 0.05) is 5.39 Å². The van der Waals surface area contributed by atoms with Crippen LogP contribution in [0, 0.1) is 6.92 Å². The number of hydrogen-bond donors (Lipinski definition) is 1. The molecule has 1 unspecified atom stereocenters. The van der Waals surface area contributed by atoms with Crippen molar-refractivity contribution in [2.24, 2.45) is 5.73 Å². The third-order valence-corrected chi connectivity index (χ3v) is 3.39. The summed E-state index contributed by atoms with van der Waals surface area (Å²) in [5.41, 5.74) is 9.48. The van der Waals surface area contributed by atoms with Crippen molar-refractivity contribution >= 4 is 10.9 Å². The van der Waals surface area contributed by atoms with Crippen molar-refractivity contribution in [3.8, 4) is 0 Å². The summed E-state index contributed by atoms with van der Waals surface area (Å²) in [6.07, 6.45) is 0.779. The zero-order valence-corrected chi connectivity index (χ0v) is 11.5. The van der Waals surface area contributed by atoms with E-state index in [1.165, 1.54) is 5.56 Å². The van der Waals surface area contributed by atoms with Crippen LogP contribution in [0.15, 0.2) is 54.6 Å². The molecule has 20 heavy (non-hydrogen) atoms. The highest BCUT2D eigenvalue weighted by Gasteiger charge is 2.13. The molecule has 0 spiro atoms. The van der Waals surface area contributed by atoms with E-state index in [1.807, 2.05) is 49.4 Å². The van der Waals surface area contributed by atoms with Gasteiger partial charge in [0.2, 0.25) is 0 Å². The lowest BCUT2D eigenvalue weighted by molar-refractivity contribution is 0.697. The van der Waals surface area contributed by atoms with E-state index in [2.05, 4.69) is 22.1 Å². The van der Waals surface area contributed by atoms with Crippen LogP contribution in [0.2, 0.25) is 0 Å². The van der Waals surface area contributed by atoms with Gasteiger partial charge in [-0.1, -0.05) is 48.5 Å². The largest absolute Gasteiger partial charge is 0.322 e. The summed E-state index contributed by atoms with van der Waals surface area (Å²) in [6.45, 7) is 1.91. The molecule has 1 aromatic heterocycles. The Morgan fingerprint density at radius 1 is 0.950 bits per heavy atom. The molecule has 0 bridgehead atoms. The van der Waals surface area contributed by atoms with E-state index in [9.17, 15) is 0 Å². The average molecular weight is 263 g/mol. The highest BCUT2D eigenvalue weighted by molar-refractivity contribution is 5.81. The number of benzene rings is 2. The van der Waals surface area contributed by atoms with Crippen molar-refractivity contribution in [1.82, 2.24) is 9.97 Å². The Balaban J connectivity index is 2.01. The lowest BCUT2D eigenvalue weighted by Crippen LogP contribution is -2.16. The van der Waals surface area contributed by atoms with E-state index in [0.717, 1.165) is 28.8 Å². The summed E-state index contributed by atoms with van der Waals surface area (Å²) >= 11 is 0. The normalized spacial score (nSPS) is 12.5. The molecule has 0 aliphatic carbocycles. The van der Waals surface area contributed by atoms with Gasteiger partial charge in [0.25, 0.3) is 0 Å². The van der Waals surface area contributed by atoms with Gasteiger partial charge >= 0.3 is 0 Å². The van der Waals surface area contributed by atoms with Crippen molar-refractivity contribution in [1.29, 1.82) is 0 Å². The summed E-state index contributed by atoms with van der Waals surface area (Å²) in [4.78, 5) is 9.02. The highest BCUT2D eigenvalue weighted by Crippen LogP contribution is 2.22. The van der Waals surface area contributed by atoms with E-state index in [4.69, 9.17) is 5.73 Å². The number of rotatable bonds is 3. The molecule has 0 saturated heterocycles. The van der Waals surface area contributed by atoms with Crippen LogP contribution in [-0.2, 0) is 6.42 Å². The number of nitrogens with zero attached hydrogens (tertiary/aromatic N) is 2. The third-order valence-electron chi connectivity index (χ3n) is 3.39. The van der Waals surface area contributed by atoms with E-state index in [0.29, 0.717) is 0 Å². The Morgan fingerprint density at radius 3 is 2.45 bits per heavy atom. The van der Waals surface area contributed by atoms with Crippen molar-refractivity contribution in [2.45, 2.75) is 19.4 Å². The molecule has 0 aliphatic rings. The zero-order valence-electron chi connectivity index (χ0n) is 11.5. The van der Waals surface area contributed by atoms with Crippen molar-refractivity contribution < 1.29 is 0 Å². The Labute approximate surface area is 118 Å². The van der Waals surface area contributed by atoms with Gasteiger partial charge < -0.3 is 5.73 Å². The first-order valence-corrected chi connectivity index (χ1v) is 6.77. The molecule has 100 valence electrons. The highest BCUT2D eigenvalue weighted by atomic mass is 14.9. The maximum Gasteiger partial charge on any atom is 0.126 e. The first kappa shape index (κ1) is 12.8. The topological polar surface area (TPSA) is 51.8 Å². The fraction of sp³-hybridized carbons (Fsp3) is 0.176. The molecule has 3 nitrogen and oxygen atoms in total. The summed E-state index contributed by atoms with van der Waals surface area (Å²) < 4.78 is 0. The fourth-order valence-electron chi connectivity index (χ4n) is 2.47. The van der Waals surface area contributed by atoms with Crippen LogP contribution in [0.4, 0.5) is 0 Å². The van der Waals surface area contributed by atoms with Crippen molar-refractivity contribution in [3.05, 3.63) is 71.7 Å². The Hall–Kier alpha value is -2.26. The monoisotopic (exact) mass is 263 g/mol. The molecule has 1 atom stereocenters. The molecule has 3 aromatic rings. The summed E-state index contributed by atoms with van der Waals surface area (Å²) in [5.74, 6) is 0.766. The van der Waals surface area contributed by atoms with Crippen LogP contribution in [-0.4, -0.2) is 9.97 Å². The standard InChI is InChI=1S/C17H17N3/c1-12-19-16-10-6-5-9-14(16)17(20-12)15(18)11-13-7-3-2-4-8-13/h2-10,15H,11,18H2,1H3. The van der Waals surface area contributed by atoms with Crippen LogP contribution in [0.25, 0.3) is 10.9 Å². The quantitative estimate of drug-likeness (QED) is 0.789.